The van der Waals surface area contributed by atoms with Gasteiger partial charge in [-0.2, -0.15) is 0 Å². The predicted molar refractivity (Wildman–Crippen MR) is 68.4 cm³/mol. The molecule has 0 spiro atoms. The largest absolute Gasteiger partial charge is 0.372 e. The van der Waals surface area contributed by atoms with Gasteiger partial charge in [-0.25, -0.2) is 4.98 Å². The monoisotopic (exact) mass is 253 g/mol. The number of hydrogen-bond acceptors (Lipinski definition) is 3. The average molecular weight is 254 g/mol. The predicted octanol–water partition coefficient (Wildman–Crippen LogP) is 2.31. The zero-order valence-corrected chi connectivity index (χ0v) is 10.7. The minimum Gasteiger partial charge on any atom is -0.372 e. The summed E-state index contributed by atoms with van der Waals surface area (Å²) in [4.78, 5) is 16.0. The number of rotatable bonds is 4. The molecule has 92 valence electrons. The van der Waals surface area contributed by atoms with Gasteiger partial charge in [0.05, 0.1) is 10.6 Å². The fourth-order valence-corrected chi connectivity index (χ4v) is 2.01. The molecule has 1 aromatic heterocycles. The van der Waals surface area contributed by atoms with E-state index in [4.69, 9.17) is 11.6 Å². The molecule has 0 aromatic carbocycles. The molecule has 0 radical (unpaired) electrons. The molecule has 2 rings (SSSR count). The van der Waals surface area contributed by atoms with Gasteiger partial charge in [0.2, 0.25) is 0 Å². The van der Waals surface area contributed by atoms with Crippen LogP contribution < -0.4 is 10.6 Å². The van der Waals surface area contributed by atoms with Gasteiger partial charge in [-0.05, 0) is 31.7 Å². The molecule has 1 fully saturated rings. The first-order valence-corrected chi connectivity index (χ1v) is 6.13. The fraction of sp³-hybridized carbons (Fsp3) is 0.500. The number of carbonyl (C=O) groups is 1. The van der Waals surface area contributed by atoms with Crippen molar-refractivity contribution in [2.24, 2.45) is 5.92 Å². The van der Waals surface area contributed by atoms with Gasteiger partial charge in [0.1, 0.15) is 5.82 Å². The maximum absolute atomic E-state index is 11.9. The van der Waals surface area contributed by atoms with Crippen LogP contribution in [0.2, 0.25) is 5.02 Å². The summed E-state index contributed by atoms with van der Waals surface area (Å²) in [5.41, 5.74) is 0.501. The standard InChI is InChI=1S/C12H16ClN3O/c1-7(8-3-4-8)16-12(17)9-5-10(13)11(14-2)15-6-9/h5-8H,3-4H2,1-2H3,(H,14,15)(H,16,17). The maximum Gasteiger partial charge on any atom is 0.253 e. The fourth-order valence-electron chi connectivity index (χ4n) is 1.75. The van der Waals surface area contributed by atoms with Crippen LogP contribution in [0, 0.1) is 5.92 Å². The Bertz CT molecular complexity index is 432. The SMILES string of the molecule is CNc1ncc(C(=O)NC(C)C2CC2)cc1Cl. The molecule has 1 aliphatic carbocycles. The van der Waals surface area contributed by atoms with E-state index in [0.29, 0.717) is 22.3 Å². The van der Waals surface area contributed by atoms with Crippen LogP contribution in [0.15, 0.2) is 12.3 Å². The molecular formula is C12H16ClN3O. The summed E-state index contributed by atoms with van der Waals surface area (Å²) in [5, 5.41) is 6.28. The zero-order chi connectivity index (χ0) is 12.4. The van der Waals surface area contributed by atoms with Gasteiger partial charge < -0.3 is 10.6 Å². The Hall–Kier alpha value is -1.29. The third-order valence-electron chi connectivity index (χ3n) is 3.03. The highest BCUT2D eigenvalue weighted by molar-refractivity contribution is 6.33. The number of aromatic nitrogens is 1. The molecule has 1 heterocycles. The third-order valence-corrected chi connectivity index (χ3v) is 3.32. The molecule has 1 saturated carbocycles. The summed E-state index contributed by atoms with van der Waals surface area (Å²) < 4.78 is 0. The molecule has 2 N–H and O–H groups in total. The van der Waals surface area contributed by atoms with Gasteiger partial charge in [0.15, 0.2) is 0 Å². The molecule has 0 bridgehead atoms. The van der Waals surface area contributed by atoms with Gasteiger partial charge in [-0.1, -0.05) is 11.6 Å². The van der Waals surface area contributed by atoms with E-state index in [0.717, 1.165) is 0 Å². The topological polar surface area (TPSA) is 54.0 Å². The van der Waals surface area contributed by atoms with Gasteiger partial charge in [0, 0.05) is 19.3 Å². The summed E-state index contributed by atoms with van der Waals surface area (Å²) in [6.45, 7) is 2.03. The second-order valence-corrected chi connectivity index (χ2v) is 4.81. The summed E-state index contributed by atoms with van der Waals surface area (Å²) >= 11 is 5.98. The van der Waals surface area contributed by atoms with Crippen molar-refractivity contribution in [3.8, 4) is 0 Å². The molecule has 0 saturated heterocycles. The lowest BCUT2D eigenvalue weighted by atomic mass is 10.2. The highest BCUT2D eigenvalue weighted by atomic mass is 35.5. The number of nitrogens with zero attached hydrogens (tertiary/aromatic N) is 1. The molecule has 1 amide bonds. The van der Waals surface area contributed by atoms with Crippen molar-refractivity contribution in [3.63, 3.8) is 0 Å². The van der Waals surface area contributed by atoms with Crippen molar-refractivity contribution in [2.75, 3.05) is 12.4 Å². The molecule has 4 nitrogen and oxygen atoms in total. The smallest absolute Gasteiger partial charge is 0.253 e. The lowest BCUT2D eigenvalue weighted by Crippen LogP contribution is -2.34. The Morgan fingerprint density at radius 1 is 1.59 bits per heavy atom. The lowest BCUT2D eigenvalue weighted by molar-refractivity contribution is 0.0935. The van der Waals surface area contributed by atoms with E-state index in [1.807, 2.05) is 6.92 Å². The normalized spacial score (nSPS) is 16.4. The Kier molecular flexibility index (Phi) is 3.52. The maximum atomic E-state index is 11.9. The van der Waals surface area contributed by atoms with Crippen molar-refractivity contribution >= 4 is 23.3 Å². The number of amides is 1. The van der Waals surface area contributed by atoms with E-state index in [9.17, 15) is 4.79 Å². The Labute approximate surface area is 106 Å². The molecule has 5 heteroatoms. The van der Waals surface area contributed by atoms with Gasteiger partial charge in [-0.15, -0.1) is 0 Å². The van der Waals surface area contributed by atoms with E-state index in [-0.39, 0.29) is 11.9 Å². The van der Waals surface area contributed by atoms with E-state index >= 15 is 0 Å². The van der Waals surface area contributed by atoms with Crippen LogP contribution in [-0.2, 0) is 0 Å². The number of anilines is 1. The first-order chi connectivity index (χ1) is 8.11. The zero-order valence-electron chi connectivity index (χ0n) is 9.96. The van der Waals surface area contributed by atoms with Crippen molar-refractivity contribution < 1.29 is 4.79 Å². The van der Waals surface area contributed by atoms with Crippen LogP contribution in [0.4, 0.5) is 5.82 Å². The van der Waals surface area contributed by atoms with E-state index in [1.165, 1.54) is 19.0 Å². The van der Waals surface area contributed by atoms with Crippen LogP contribution in [0.5, 0.6) is 0 Å². The Balaban J connectivity index is 2.05. The number of nitrogens with one attached hydrogen (secondary N) is 2. The minimum absolute atomic E-state index is 0.110. The van der Waals surface area contributed by atoms with Crippen LogP contribution in [0.25, 0.3) is 0 Å². The molecule has 1 atom stereocenters. The van der Waals surface area contributed by atoms with Crippen LogP contribution in [-0.4, -0.2) is 24.0 Å². The number of carbonyl (C=O) groups excluding carboxylic acids is 1. The Morgan fingerprint density at radius 2 is 2.29 bits per heavy atom. The van der Waals surface area contributed by atoms with Crippen molar-refractivity contribution in [2.45, 2.75) is 25.8 Å². The highest BCUT2D eigenvalue weighted by Gasteiger charge is 2.29. The quantitative estimate of drug-likeness (QED) is 0.866. The van der Waals surface area contributed by atoms with E-state index in [1.54, 1.807) is 13.1 Å². The van der Waals surface area contributed by atoms with Crippen LogP contribution >= 0.6 is 11.6 Å². The summed E-state index contributed by atoms with van der Waals surface area (Å²) in [5.74, 6) is 1.11. The van der Waals surface area contributed by atoms with E-state index < -0.39 is 0 Å². The third kappa shape index (κ3) is 2.88. The van der Waals surface area contributed by atoms with Crippen molar-refractivity contribution in [1.29, 1.82) is 0 Å². The van der Waals surface area contributed by atoms with Gasteiger partial charge >= 0.3 is 0 Å². The lowest BCUT2D eigenvalue weighted by Gasteiger charge is -2.13. The second-order valence-electron chi connectivity index (χ2n) is 4.40. The van der Waals surface area contributed by atoms with Crippen LogP contribution in [0.1, 0.15) is 30.1 Å². The minimum atomic E-state index is -0.110. The molecule has 1 aromatic rings. The average Bonchev–Trinajstić information content (AvgIpc) is 3.12. The molecule has 0 aliphatic heterocycles. The molecular weight excluding hydrogens is 238 g/mol. The molecule has 17 heavy (non-hydrogen) atoms. The second kappa shape index (κ2) is 4.92. The summed E-state index contributed by atoms with van der Waals surface area (Å²) in [6, 6.07) is 1.86. The van der Waals surface area contributed by atoms with Crippen molar-refractivity contribution in [1.82, 2.24) is 10.3 Å². The summed E-state index contributed by atoms with van der Waals surface area (Å²) in [6.07, 6.45) is 3.95. The summed E-state index contributed by atoms with van der Waals surface area (Å²) in [7, 11) is 1.74. The van der Waals surface area contributed by atoms with Crippen molar-refractivity contribution in [3.05, 3.63) is 22.8 Å². The number of halogens is 1. The first-order valence-electron chi connectivity index (χ1n) is 5.76. The Morgan fingerprint density at radius 3 is 2.82 bits per heavy atom. The van der Waals surface area contributed by atoms with Gasteiger partial charge in [0.25, 0.3) is 5.91 Å². The number of hydrogen-bond donors (Lipinski definition) is 2. The number of pyridine rings is 1. The molecule has 1 unspecified atom stereocenters. The molecule has 1 aliphatic rings. The highest BCUT2D eigenvalue weighted by Crippen LogP contribution is 2.32. The van der Waals surface area contributed by atoms with E-state index in [2.05, 4.69) is 15.6 Å². The van der Waals surface area contributed by atoms with Crippen LogP contribution in [0.3, 0.4) is 0 Å². The first kappa shape index (κ1) is 12.2. The van der Waals surface area contributed by atoms with Gasteiger partial charge in [-0.3, -0.25) is 4.79 Å².